The van der Waals surface area contributed by atoms with E-state index >= 15 is 0 Å². The lowest BCUT2D eigenvalue weighted by Gasteiger charge is -2.37. The Bertz CT molecular complexity index is 478. The Balaban J connectivity index is 2.38. The van der Waals surface area contributed by atoms with Gasteiger partial charge < -0.3 is 14.9 Å². The van der Waals surface area contributed by atoms with E-state index in [1.165, 1.54) is 0 Å². The molecular formula is C14H20ClNO3. The van der Waals surface area contributed by atoms with Crippen molar-refractivity contribution in [1.29, 1.82) is 0 Å². The van der Waals surface area contributed by atoms with Crippen molar-refractivity contribution < 1.29 is 14.9 Å². The highest BCUT2D eigenvalue weighted by Crippen LogP contribution is 2.40. The molecule has 2 N–H and O–H groups in total. The fourth-order valence-electron chi connectivity index (χ4n) is 2.57. The molecular weight excluding hydrogens is 266 g/mol. The van der Waals surface area contributed by atoms with Crippen LogP contribution in [0.4, 0.5) is 0 Å². The molecule has 0 aliphatic carbocycles. The van der Waals surface area contributed by atoms with Crippen LogP contribution in [0.2, 0.25) is 5.02 Å². The summed E-state index contributed by atoms with van der Waals surface area (Å²) in [5, 5.41) is 20.2. The van der Waals surface area contributed by atoms with Crippen molar-refractivity contribution in [2.24, 2.45) is 0 Å². The minimum Gasteiger partial charge on any atom is -0.491 e. The van der Waals surface area contributed by atoms with Crippen molar-refractivity contribution >= 4 is 11.6 Å². The highest BCUT2D eigenvalue weighted by atomic mass is 35.5. The summed E-state index contributed by atoms with van der Waals surface area (Å²) in [5.74, 6) is 0.709. The van der Waals surface area contributed by atoms with Crippen molar-refractivity contribution in [3.8, 4) is 5.75 Å². The predicted molar refractivity (Wildman–Crippen MR) is 74.9 cm³/mol. The van der Waals surface area contributed by atoms with Crippen LogP contribution in [0.15, 0.2) is 6.07 Å². The number of halogens is 1. The lowest BCUT2D eigenvalue weighted by molar-refractivity contribution is 0.00907. The average molecular weight is 286 g/mol. The van der Waals surface area contributed by atoms with Gasteiger partial charge in [0.05, 0.1) is 12.6 Å². The minimum absolute atomic E-state index is 0.0558. The number of hydrogen-bond acceptors (Lipinski definition) is 4. The van der Waals surface area contributed by atoms with Crippen LogP contribution in [0.5, 0.6) is 5.75 Å². The molecule has 106 valence electrons. The first kappa shape index (κ1) is 14.6. The smallest absolute Gasteiger partial charge is 0.125 e. The molecule has 2 atom stereocenters. The van der Waals surface area contributed by atoms with E-state index in [-0.39, 0.29) is 12.6 Å². The Labute approximate surface area is 118 Å². The third kappa shape index (κ3) is 2.58. The summed E-state index contributed by atoms with van der Waals surface area (Å²) in [5.41, 5.74) is 2.58. The molecule has 1 aromatic carbocycles. The first-order valence-electron chi connectivity index (χ1n) is 6.39. The van der Waals surface area contributed by atoms with Crippen molar-refractivity contribution in [2.45, 2.75) is 26.0 Å². The lowest BCUT2D eigenvalue weighted by Crippen LogP contribution is -2.45. The molecule has 1 aromatic rings. The number of nitrogens with zero attached hydrogens (tertiary/aromatic N) is 1. The van der Waals surface area contributed by atoms with Crippen LogP contribution in [0, 0.1) is 13.8 Å². The predicted octanol–water partition coefficient (Wildman–Crippen LogP) is 1.68. The van der Waals surface area contributed by atoms with Gasteiger partial charge in [0.2, 0.25) is 0 Å². The number of hydrogen-bond donors (Lipinski definition) is 2. The summed E-state index contributed by atoms with van der Waals surface area (Å²) in [6.45, 7) is 4.79. The summed E-state index contributed by atoms with van der Waals surface area (Å²) in [4.78, 5) is 1.90. The Morgan fingerprint density at radius 3 is 2.79 bits per heavy atom. The van der Waals surface area contributed by atoms with E-state index in [2.05, 4.69) is 0 Å². The Morgan fingerprint density at radius 1 is 1.47 bits per heavy atom. The first-order chi connectivity index (χ1) is 8.97. The molecule has 2 unspecified atom stereocenters. The van der Waals surface area contributed by atoms with Gasteiger partial charge in [-0.25, -0.2) is 0 Å². The van der Waals surface area contributed by atoms with E-state index in [0.29, 0.717) is 23.9 Å². The zero-order chi connectivity index (χ0) is 14.2. The molecule has 0 aromatic heterocycles. The second-order valence-corrected chi connectivity index (χ2v) is 5.45. The molecule has 4 nitrogen and oxygen atoms in total. The SMILES string of the molecule is Cc1cc2c(c(C)c1Cl)C(O)C(N(C)CCO)CO2. The number of benzene rings is 1. The maximum atomic E-state index is 10.6. The summed E-state index contributed by atoms with van der Waals surface area (Å²) >= 11 is 6.25. The number of aliphatic hydroxyl groups excluding tert-OH is 2. The van der Waals surface area contributed by atoms with E-state index in [4.69, 9.17) is 21.4 Å². The van der Waals surface area contributed by atoms with Gasteiger partial charge in [0, 0.05) is 17.1 Å². The van der Waals surface area contributed by atoms with Gasteiger partial charge in [-0.3, -0.25) is 4.90 Å². The molecule has 0 spiro atoms. The van der Waals surface area contributed by atoms with Crippen molar-refractivity contribution in [3.05, 3.63) is 27.8 Å². The van der Waals surface area contributed by atoms with Crippen LogP contribution in [-0.2, 0) is 0 Å². The van der Waals surface area contributed by atoms with E-state index < -0.39 is 6.10 Å². The quantitative estimate of drug-likeness (QED) is 0.887. The molecule has 2 rings (SSSR count). The first-order valence-corrected chi connectivity index (χ1v) is 6.76. The average Bonchev–Trinajstić information content (AvgIpc) is 2.36. The van der Waals surface area contributed by atoms with Crippen molar-refractivity contribution in [3.63, 3.8) is 0 Å². The maximum absolute atomic E-state index is 10.6. The number of aryl methyl sites for hydroxylation is 1. The molecule has 0 saturated heterocycles. The van der Waals surface area contributed by atoms with Gasteiger partial charge in [0.1, 0.15) is 18.5 Å². The summed E-state index contributed by atoms with van der Waals surface area (Å²) in [7, 11) is 1.86. The van der Waals surface area contributed by atoms with Gasteiger partial charge in [-0.2, -0.15) is 0 Å². The molecule has 0 saturated carbocycles. The monoisotopic (exact) mass is 285 g/mol. The third-order valence-electron chi connectivity index (χ3n) is 3.78. The van der Waals surface area contributed by atoms with Gasteiger partial charge in [-0.15, -0.1) is 0 Å². The standard InChI is InChI=1S/C14H20ClNO3/c1-8-6-11-12(9(2)13(8)15)14(18)10(7-19-11)16(3)4-5-17/h6,10,14,17-18H,4-5,7H2,1-3H3. The Kier molecular flexibility index (Phi) is 4.36. The normalized spacial score (nSPS) is 22.3. The number of fused-ring (bicyclic) bond motifs is 1. The summed E-state index contributed by atoms with van der Waals surface area (Å²) in [6.07, 6.45) is -0.654. The molecule has 0 amide bonds. The molecule has 1 aliphatic heterocycles. The van der Waals surface area contributed by atoms with Gasteiger partial charge in [-0.1, -0.05) is 11.6 Å². The van der Waals surface area contributed by atoms with E-state index in [9.17, 15) is 5.11 Å². The largest absolute Gasteiger partial charge is 0.491 e. The van der Waals surface area contributed by atoms with Gasteiger partial charge >= 0.3 is 0 Å². The van der Waals surface area contributed by atoms with E-state index in [1.807, 2.05) is 31.9 Å². The Morgan fingerprint density at radius 2 is 2.16 bits per heavy atom. The lowest BCUT2D eigenvalue weighted by atomic mass is 9.92. The van der Waals surface area contributed by atoms with Crippen LogP contribution in [0.3, 0.4) is 0 Å². The zero-order valence-corrected chi connectivity index (χ0v) is 12.2. The van der Waals surface area contributed by atoms with Crippen LogP contribution in [0.1, 0.15) is 22.8 Å². The highest BCUT2D eigenvalue weighted by Gasteiger charge is 2.34. The highest BCUT2D eigenvalue weighted by molar-refractivity contribution is 6.32. The minimum atomic E-state index is -0.654. The number of likely N-dealkylation sites (N-methyl/N-ethyl adjacent to an activating group) is 1. The molecule has 0 radical (unpaired) electrons. The fourth-order valence-corrected chi connectivity index (χ4v) is 2.73. The Hall–Kier alpha value is -0.810. The topological polar surface area (TPSA) is 52.9 Å². The van der Waals surface area contributed by atoms with Crippen LogP contribution >= 0.6 is 11.6 Å². The fraction of sp³-hybridized carbons (Fsp3) is 0.571. The molecule has 19 heavy (non-hydrogen) atoms. The number of ether oxygens (including phenoxy) is 1. The van der Waals surface area contributed by atoms with E-state index in [1.54, 1.807) is 0 Å². The second-order valence-electron chi connectivity index (χ2n) is 5.07. The third-order valence-corrected chi connectivity index (χ3v) is 4.36. The van der Waals surface area contributed by atoms with E-state index in [0.717, 1.165) is 16.7 Å². The van der Waals surface area contributed by atoms with Crippen LogP contribution in [-0.4, -0.2) is 48.0 Å². The second kappa shape index (κ2) is 5.67. The molecule has 1 aliphatic rings. The molecule has 0 fully saturated rings. The molecule has 5 heteroatoms. The summed E-state index contributed by atoms with van der Waals surface area (Å²) < 4.78 is 5.75. The van der Waals surface area contributed by atoms with Crippen molar-refractivity contribution in [2.75, 3.05) is 26.8 Å². The summed E-state index contributed by atoms with van der Waals surface area (Å²) in [6, 6.07) is 1.70. The van der Waals surface area contributed by atoms with Crippen LogP contribution in [0.25, 0.3) is 0 Å². The van der Waals surface area contributed by atoms with Crippen LogP contribution < -0.4 is 4.74 Å². The van der Waals surface area contributed by atoms with Gasteiger partial charge in [0.15, 0.2) is 0 Å². The van der Waals surface area contributed by atoms with Gasteiger partial charge in [-0.05, 0) is 38.1 Å². The number of rotatable bonds is 3. The molecule has 1 heterocycles. The van der Waals surface area contributed by atoms with Gasteiger partial charge in [0.25, 0.3) is 0 Å². The van der Waals surface area contributed by atoms with Crippen molar-refractivity contribution in [1.82, 2.24) is 4.90 Å². The molecule has 0 bridgehead atoms. The zero-order valence-electron chi connectivity index (χ0n) is 11.5. The number of aliphatic hydroxyl groups is 2. The maximum Gasteiger partial charge on any atom is 0.125 e.